The van der Waals surface area contributed by atoms with Crippen molar-refractivity contribution in [2.75, 3.05) is 4.90 Å². The molecule has 6 heteroatoms. The average molecular weight is 369 g/mol. The van der Waals surface area contributed by atoms with Gasteiger partial charge in [-0.3, -0.25) is 4.79 Å². The molecule has 5 rings (SSSR count). The molecule has 1 aliphatic rings. The van der Waals surface area contributed by atoms with Crippen molar-refractivity contribution in [3.05, 3.63) is 60.7 Å². The van der Waals surface area contributed by atoms with Gasteiger partial charge in [0.05, 0.1) is 11.0 Å². The molecule has 1 fully saturated rings. The second-order valence-electron chi connectivity index (χ2n) is 7.16. The van der Waals surface area contributed by atoms with Gasteiger partial charge in [-0.05, 0) is 37.1 Å². The van der Waals surface area contributed by atoms with Crippen LogP contribution in [0, 0.1) is 0 Å². The molecule has 0 spiro atoms. The van der Waals surface area contributed by atoms with E-state index in [1.54, 1.807) is 0 Å². The highest BCUT2D eigenvalue weighted by atomic mass is 16.1. The minimum absolute atomic E-state index is 0.142. The number of hydrogen-bond donors (Lipinski definition) is 0. The molecule has 1 aliphatic carbocycles. The lowest BCUT2D eigenvalue weighted by molar-refractivity contribution is -0.120. The van der Waals surface area contributed by atoms with E-state index in [2.05, 4.69) is 25.3 Å². The predicted octanol–water partition coefficient (Wildman–Crippen LogP) is 4.22. The normalized spacial score (nSPS) is 15.2. The van der Waals surface area contributed by atoms with Gasteiger partial charge < -0.3 is 4.90 Å². The molecule has 2 aromatic heterocycles. The Balaban J connectivity index is 1.63. The maximum atomic E-state index is 11.8. The lowest BCUT2D eigenvalue weighted by atomic mass is 9.93. The summed E-state index contributed by atoms with van der Waals surface area (Å²) in [5.41, 5.74) is 1.71. The zero-order valence-corrected chi connectivity index (χ0v) is 15.3. The Labute approximate surface area is 162 Å². The summed E-state index contributed by atoms with van der Waals surface area (Å²) in [6, 6.07) is 20.1. The Bertz CT molecular complexity index is 1090. The number of Topliss-reactive ketones (excluding diaryl/α,β-unsaturated/α-hetero) is 1. The number of nitrogens with zero attached hydrogens (tertiary/aromatic N) is 5. The summed E-state index contributed by atoms with van der Waals surface area (Å²) < 4.78 is 0. The third kappa shape index (κ3) is 3.07. The predicted molar refractivity (Wildman–Crippen MR) is 108 cm³/mol. The number of fused-ring (bicyclic) bond motifs is 2. The maximum absolute atomic E-state index is 11.8. The Kier molecular flexibility index (Phi) is 4.16. The fourth-order valence-electron chi connectivity index (χ4n) is 3.86. The molecule has 28 heavy (non-hydrogen) atoms. The Hall–Kier alpha value is -3.41. The monoisotopic (exact) mass is 369 g/mol. The van der Waals surface area contributed by atoms with Crippen molar-refractivity contribution in [1.29, 1.82) is 0 Å². The van der Waals surface area contributed by atoms with E-state index >= 15 is 0 Å². The van der Waals surface area contributed by atoms with E-state index in [4.69, 9.17) is 0 Å². The maximum Gasteiger partial charge on any atom is 0.157 e. The van der Waals surface area contributed by atoms with Crippen molar-refractivity contribution in [2.24, 2.45) is 0 Å². The lowest BCUT2D eigenvalue weighted by Crippen LogP contribution is -2.36. The molecular formula is C22H19N5O. The average Bonchev–Trinajstić information content (AvgIpc) is 2.75. The summed E-state index contributed by atoms with van der Waals surface area (Å²) in [7, 11) is 0. The Morgan fingerprint density at radius 3 is 1.75 bits per heavy atom. The van der Waals surface area contributed by atoms with Crippen molar-refractivity contribution in [3.63, 3.8) is 0 Å². The van der Waals surface area contributed by atoms with Gasteiger partial charge in [-0.2, -0.15) is 0 Å². The number of ketones is 1. The van der Waals surface area contributed by atoms with Crippen molar-refractivity contribution in [2.45, 2.75) is 31.7 Å². The second kappa shape index (κ2) is 6.96. The molecular weight excluding hydrogens is 350 g/mol. The van der Waals surface area contributed by atoms with E-state index in [0.717, 1.165) is 46.3 Å². The van der Waals surface area contributed by atoms with Gasteiger partial charge in [0.2, 0.25) is 0 Å². The molecule has 0 saturated heterocycles. The summed E-state index contributed by atoms with van der Waals surface area (Å²) >= 11 is 0. The molecule has 0 unspecified atom stereocenters. The summed E-state index contributed by atoms with van der Waals surface area (Å²) in [4.78, 5) is 13.9. The van der Waals surface area contributed by atoms with Crippen LogP contribution in [0.1, 0.15) is 25.7 Å². The minimum Gasteiger partial charge on any atom is -0.305 e. The summed E-state index contributed by atoms with van der Waals surface area (Å²) in [5.74, 6) is 1.80. The highest BCUT2D eigenvalue weighted by Gasteiger charge is 2.28. The number of anilines is 2. The molecule has 4 aromatic rings. The van der Waals surface area contributed by atoms with Crippen LogP contribution in [0.5, 0.6) is 0 Å². The molecule has 0 amide bonds. The van der Waals surface area contributed by atoms with E-state index in [-0.39, 0.29) is 6.04 Å². The van der Waals surface area contributed by atoms with Crippen LogP contribution in [-0.2, 0) is 4.79 Å². The SMILES string of the molecule is O=C1CCC(N(c2cc3ccccc3nn2)c2cc3ccccc3nn2)CC1. The van der Waals surface area contributed by atoms with Crippen LogP contribution in [0.3, 0.4) is 0 Å². The summed E-state index contributed by atoms with van der Waals surface area (Å²) in [6.45, 7) is 0. The molecule has 6 nitrogen and oxygen atoms in total. The number of carbonyl (C=O) groups is 1. The van der Waals surface area contributed by atoms with Gasteiger partial charge in [-0.1, -0.05) is 36.4 Å². The van der Waals surface area contributed by atoms with Crippen molar-refractivity contribution in [3.8, 4) is 0 Å². The van der Waals surface area contributed by atoms with E-state index in [1.807, 2.05) is 60.7 Å². The van der Waals surface area contributed by atoms with Crippen LogP contribution < -0.4 is 4.90 Å². The number of rotatable bonds is 3. The quantitative estimate of drug-likeness (QED) is 0.538. The first-order valence-corrected chi connectivity index (χ1v) is 9.54. The Morgan fingerprint density at radius 2 is 1.21 bits per heavy atom. The number of benzene rings is 2. The van der Waals surface area contributed by atoms with E-state index < -0.39 is 0 Å². The van der Waals surface area contributed by atoms with Crippen LogP contribution in [0.4, 0.5) is 11.6 Å². The largest absolute Gasteiger partial charge is 0.305 e. The van der Waals surface area contributed by atoms with Crippen molar-refractivity contribution in [1.82, 2.24) is 20.4 Å². The van der Waals surface area contributed by atoms with Crippen molar-refractivity contribution < 1.29 is 4.79 Å². The first-order chi connectivity index (χ1) is 13.8. The fraction of sp³-hybridized carbons (Fsp3) is 0.227. The standard InChI is InChI=1S/C22H19N5O/c28-18-11-9-17(10-12-18)27(21-13-15-5-1-3-7-19(15)23-25-21)22-14-16-6-2-4-8-20(16)24-26-22/h1-8,13-14,17H,9-12H2. The summed E-state index contributed by atoms with van der Waals surface area (Å²) in [6.07, 6.45) is 2.73. The number of carbonyl (C=O) groups excluding carboxylic acids is 1. The molecule has 2 heterocycles. The van der Waals surface area contributed by atoms with Crippen LogP contribution in [-0.4, -0.2) is 32.2 Å². The molecule has 1 saturated carbocycles. The van der Waals surface area contributed by atoms with Gasteiger partial charge >= 0.3 is 0 Å². The van der Waals surface area contributed by atoms with Gasteiger partial charge in [0, 0.05) is 29.7 Å². The van der Waals surface area contributed by atoms with Gasteiger partial charge in [0.1, 0.15) is 5.78 Å². The number of aromatic nitrogens is 4. The lowest BCUT2D eigenvalue weighted by Gasteiger charge is -2.33. The van der Waals surface area contributed by atoms with E-state index in [9.17, 15) is 4.79 Å². The fourth-order valence-corrected chi connectivity index (χ4v) is 3.86. The van der Waals surface area contributed by atoms with Gasteiger partial charge in [-0.15, -0.1) is 20.4 Å². The molecule has 0 atom stereocenters. The molecule has 0 N–H and O–H groups in total. The Morgan fingerprint density at radius 1 is 0.714 bits per heavy atom. The summed E-state index contributed by atoms with van der Waals surface area (Å²) in [5, 5.41) is 19.8. The van der Waals surface area contributed by atoms with Crippen LogP contribution in [0.2, 0.25) is 0 Å². The highest BCUT2D eigenvalue weighted by molar-refractivity contribution is 5.84. The molecule has 2 aromatic carbocycles. The number of hydrogen-bond acceptors (Lipinski definition) is 6. The van der Waals surface area contributed by atoms with Crippen LogP contribution in [0.25, 0.3) is 21.8 Å². The minimum atomic E-state index is 0.142. The zero-order chi connectivity index (χ0) is 18.9. The third-order valence-corrected chi connectivity index (χ3v) is 5.33. The molecule has 0 radical (unpaired) electrons. The first kappa shape index (κ1) is 16.7. The van der Waals surface area contributed by atoms with Gasteiger partial charge in [-0.25, -0.2) is 0 Å². The molecule has 138 valence electrons. The topological polar surface area (TPSA) is 71.9 Å². The molecule has 0 aliphatic heterocycles. The van der Waals surface area contributed by atoms with E-state index in [0.29, 0.717) is 18.6 Å². The second-order valence-corrected chi connectivity index (χ2v) is 7.16. The third-order valence-electron chi connectivity index (χ3n) is 5.33. The van der Waals surface area contributed by atoms with Crippen LogP contribution >= 0.6 is 0 Å². The van der Waals surface area contributed by atoms with Gasteiger partial charge in [0.15, 0.2) is 11.6 Å². The smallest absolute Gasteiger partial charge is 0.157 e. The van der Waals surface area contributed by atoms with E-state index in [1.165, 1.54) is 0 Å². The zero-order valence-electron chi connectivity index (χ0n) is 15.3. The highest BCUT2D eigenvalue weighted by Crippen LogP contribution is 2.33. The van der Waals surface area contributed by atoms with Crippen LogP contribution in [0.15, 0.2) is 60.7 Å². The van der Waals surface area contributed by atoms with Crippen molar-refractivity contribution >= 4 is 39.2 Å². The molecule has 0 bridgehead atoms. The van der Waals surface area contributed by atoms with Gasteiger partial charge in [0.25, 0.3) is 0 Å². The first-order valence-electron chi connectivity index (χ1n) is 9.54.